The van der Waals surface area contributed by atoms with Crippen molar-refractivity contribution in [2.45, 2.75) is 24.2 Å². The molecular formula is C21H21N3O4S2. The maximum absolute atomic E-state index is 13.0. The molecule has 0 radical (unpaired) electrons. The number of aromatic nitrogens is 2. The number of hydrogen-bond acceptors (Lipinski definition) is 7. The molecule has 1 atom stereocenters. The van der Waals surface area contributed by atoms with Crippen LogP contribution in [0.2, 0.25) is 0 Å². The molecule has 4 rings (SSSR count). The molecule has 1 unspecified atom stereocenters. The van der Waals surface area contributed by atoms with E-state index in [9.17, 15) is 13.2 Å². The predicted molar refractivity (Wildman–Crippen MR) is 115 cm³/mol. The van der Waals surface area contributed by atoms with Gasteiger partial charge in [0.1, 0.15) is 0 Å². The fraction of sp³-hybridized carbons (Fsp3) is 0.286. The molecule has 9 heteroatoms. The van der Waals surface area contributed by atoms with E-state index in [4.69, 9.17) is 4.42 Å². The molecule has 156 valence electrons. The molecule has 0 saturated carbocycles. The molecule has 1 aliphatic heterocycles. The van der Waals surface area contributed by atoms with Crippen LogP contribution in [0.25, 0.3) is 11.5 Å². The number of rotatable bonds is 7. The molecule has 0 aliphatic carbocycles. The standard InChI is InChI=1S/C21H21N3O4S2/c25-19(14-29-21-23-22-20(28-21)17-9-5-2-6-10-17)24(13-16-7-3-1-4-8-16)18-11-12-30(26,27)15-18/h1-10,18H,11-15H2. The van der Waals surface area contributed by atoms with Gasteiger partial charge in [-0.25, -0.2) is 8.42 Å². The lowest BCUT2D eigenvalue weighted by Gasteiger charge is -2.28. The fourth-order valence-corrected chi connectivity index (χ4v) is 5.77. The summed E-state index contributed by atoms with van der Waals surface area (Å²) in [6.45, 7) is 0.375. The van der Waals surface area contributed by atoms with E-state index in [1.165, 1.54) is 0 Å². The summed E-state index contributed by atoms with van der Waals surface area (Å²) >= 11 is 1.16. The lowest BCUT2D eigenvalue weighted by Crippen LogP contribution is -2.41. The van der Waals surface area contributed by atoms with Crippen LogP contribution in [-0.2, 0) is 21.2 Å². The number of hydrogen-bond donors (Lipinski definition) is 0. The van der Waals surface area contributed by atoms with Crippen LogP contribution in [0.3, 0.4) is 0 Å². The van der Waals surface area contributed by atoms with Crippen molar-refractivity contribution < 1.29 is 17.6 Å². The zero-order valence-corrected chi connectivity index (χ0v) is 17.8. The van der Waals surface area contributed by atoms with Crippen LogP contribution in [0.15, 0.2) is 70.3 Å². The second kappa shape index (κ2) is 9.01. The first kappa shape index (κ1) is 20.6. The smallest absolute Gasteiger partial charge is 0.277 e. The summed E-state index contributed by atoms with van der Waals surface area (Å²) in [7, 11) is -3.10. The van der Waals surface area contributed by atoms with Gasteiger partial charge in [0, 0.05) is 18.2 Å². The number of carbonyl (C=O) groups is 1. The maximum Gasteiger partial charge on any atom is 0.277 e. The lowest BCUT2D eigenvalue weighted by atomic mass is 10.1. The maximum atomic E-state index is 13.0. The van der Waals surface area contributed by atoms with Gasteiger partial charge in [-0.2, -0.15) is 0 Å². The normalized spacial score (nSPS) is 17.7. The Balaban J connectivity index is 1.44. The molecule has 1 aliphatic rings. The molecule has 0 N–H and O–H groups in total. The highest BCUT2D eigenvalue weighted by Crippen LogP contribution is 2.25. The van der Waals surface area contributed by atoms with E-state index in [-0.39, 0.29) is 29.2 Å². The Morgan fingerprint density at radius 3 is 2.43 bits per heavy atom. The number of nitrogens with zero attached hydrogens (tertiary/aromatic N) is 3. The van der Waals surface area contributed by atoms with Crippen LogP contribution < -0.4 is 0 Å². The topological polar surface area (TPSA) is 93.4 Å². The zero-order chi connectivity index (χ0) is 21.0. The summed E-state index contributed by atoms with van der Waals surface area (Å²) in [5.41, 5.74) is 1.77. The average Bonchev–Trinajstić information content (AvgIpc) is 3.38. The van der Waals surface area contributed by atoms with Crippen molar-refractivity contribution in [2.24, 2.45) is 0 Å². The predicted octanol–water partition coefficient (Wildman–Crippen LogP) is 3.04. The van der Waals surface area contributed by atoms with Crippen LogP contribution in [0.1, 0.15) is 12.0 Å². The molecule has 7 nitrogen and oxygen atoms in total. The summed E-state index contributed by atoms with van der Waals surface area (Å²) in [5, 5.41) is 8.35. The summed E-state index contributed by atoms with van der Waals surface area (Å²) in [4.78, 5) is 14.7. The van der Waals surface area contributed by atoms with Crippen molar-refractivity contribution in [3.8, 4) is 11.5 Å². The number of thioether (sulfide) groups is 1. The summed E-state index contributed by atoms with van der Waals surface area (Å²) < 4.78 is 29.6. The highest BCUT2D eigenvalue weighted by molar-refractivity contribution is 7.99. The largest absolute Gasteiger partial charge is 0.411 e. The Morgan fingerprint density at radius 2 is 1.77 bits per heavy atom. The fourth-order valence-electron chi connectivity index (χ4n) is 3.39. The van der Waals surface area contributed by atoms with Crippen molar-refractivity contribution in [3.63, 3.8) is 0 Å². The van der Waals surface area contributed by atoms with E-state index in [1.807, 2.05) is 60.7 Å². The zero-order valence-electron chi connectivity index (χ0n) is 16.2. The van der Waals surface area contributed by atoms with Crippen molar-refractivity contribution in [3.05, 3.63) is 66.2 Å². The molecule has 0 bridgehead atoms. The Kier molecular flexibility index (Phi) is 6.19. The summed E-state index contributed by atoms with van der Waals surface area (Å²) in [6, 6.07) is 18.7. The van der Waals surface area contributed by atoms with Crippen LogP contribution in [0.5, 0.6) is 0 Å². The van der Waals surface area contributed by atoms with Gasteiger partial charge in [-0.05, 0) is 24.1 Å². The van der Waals surface area contributed by atoms with Crippen LogP contribution >= 0.6 is 11.8 Å². The van der Waals surface area contributed by atoms with Crippen LogP contribution in [0.4, 0.5) is 0 Å². The highest BCUT2D eigenvalue weighted by Gasteiger charge is 2.34. The molecule has 3 aromatic rings. The third kappa shape index (κ3) is 5.09. The second-order valence-corrected chi connectivity index (χ2v) is 10.2. The summed E-state index contributed by atoms with van der Waals surface area (Å²) in [6.07, 6.45) is 0.463. The molecule has 2 aromatic carbocycles. The Labute approximate surface area is 179 Å². The quantitative estimate of drug-likeness (QED) is 0.518. The van der Waals surface area contributed by atoms with Crippen molar-refractivity contribution in [1.82, 2.24) is 15.1 Å². The third-order valence-electron chi connectivity index (χ3n) is 4.91. The Hall–Kier alpha value is -2.65. The monoisotopic (exact) mass is 443 g/mol. The molecule has 1 fully saturated rings. The first-order chi connectivity index (χ1) is 14.5. The van der Waals surface area contributed by atoms with Gasteiger partial charge in [-0.1, -0.05) is 60.3 Å². The minimum absolute atomic E-state index is 0.00888. The first-order valence-electron chi connectivity index (χ1n) is 9.56. The molecule has 1 aromatic heterocycles. The van der Waals surface area contributed by atoms with Gasteiger partial charge in [0.15, 0.2) is 9.84 Å². The molecule has 0 spiro atoms. The first-order valence-corrected chi connectivity index (χ1v) is 12.4. The minimum atomic E-state index is -3.10. The van der Waals surface area contributed by atoms with E-state index >= 15 is 0 Å². The molecule has 30 heavy (non-hydrogen) atoms. The van der Waals surface area contributed by atoms with Gasteiger partial charge in [0.2, 0.25) is 11.8 Å². The van der Waals surface area contributed by atoms with Crippen molar-refractivity contribution >= 4 is 27.5 Å². The number of carbonyl (C=O) groups excluding carboxylic acids is 1. The van der Waals surface area contributed by atoms with Gasteiger partial charge >= 0.3 is 0 Å². The second-order valence-electron chi connectivity index (χ2n) is 7.09. The van der Waals surface area contributed by atoms with Gasteiger partial charge in [0.05, 0.1) is 17.3 Å². The third-order valence-corrected chi connectivity index (χ3v) is 7.47. The Bertz CT molecular complexity index is 1100. The number of sulfone groups is 1. The van der Waals surface area contributed by atoms with E-state index < -0.39 is 9.84 Å². The summed E-state index contributed by atoms with van der Waals surface area (Å²) in [5.74, 6) is 0.474. The van der Waals surface area contributed by atoms with Crippen LogP contribution in [0, 0.1) is 0 Å². The molecule has 1 amide bonds. The minimum Gasteiger partial charge on any atom is -0.411 e. The number of amides is 1. The molecular weight excluding hydrogens is 422 g/mol. The highest BCUT2D eigenvalue weighted by atomic mass is 32.2. The van der Waals surface area contributed by atoms with Gasteiger partial charge < -0.3 is 9.32 Å². The van der Waals surface area contributed by atoms with E-state index in [0.717, 1.165) is 22.9 Å². The molecule has 1 saturated heterocycles. The van der Waals surface area contributed by atoms with Crippen LogP contribution in [-0.4, -0.2) is 52.7 Å². The number of benzene rings is 2. The molecule has 2 heterocycles. The van der Waals surface area contributed by atoms with Gasteiger partial charge in [0.25, 0.3) is 5.22 Å². The van der Waals surface area contributed by atoms with E-state index in [1.54, 1.807) is 4.90 Å². The Morgan fingerprint density at radius 1 is 1.07 bits per heavy atom. The van der Waals surface area contributed by atoms with E-state index in [2.05, 4.69) is 10.2 Å². The van der Waals surface area contributed by atoms with Gasteiger partial charge in [-0.15, -0.1) is 10.2 Å². The van der Waals surface area contributed by atoms with Crippen molar-refractivity contribution in [1.29, 1.82) is 0 Å². The van der Waals surface area contributed by atoms with E-state index in [0.29, 0.717) is 24.1 Å². The average molecular weight is 444 g/mol. The van der Waals surface area contributed by atoms with Crippen molar-refractivity contribution in [2.75, 3.05) is 17.3 Å². The SMILES string of the molecule is O=C(CSc1nnc(-c2ccccc2)o1)N(Cc1ccccc1)C1CCS(=O)(=O)C1. The van der Waals surface area contributed by atoms with Gasteiger partial charge in [-0.3, -0.25) is 4.79 Å². The lowest BCUT2D eigenvalue weighted by molar-refractivity contribution is -0.130.